The van der Waals surface area contributed by atoms with Crippen molar-refractivity contribution < 1.29 is 14.6 Å². The molecule has 1 saturated carbocycles. The third-order valence-corrected chi connectivity index (χ3v) is 5.04. The van der Waals surface area contributed by atoms with Gasteiger partial charge >= 0.3 is 0 Å². The molecule has 0 spiro atoms. The van der Waals surface area contributed by atoms with E-state index in [1.807, 2.05) is 0 Å². The van der Waals surface area contributed by atoms with Gasteiger partial charge in [-0.2, -0.15) is 0 Å². The molecule has 0 saturated heterocycles. The number of hydrogen-bond donors (Lipinski definition) is 2. The number of nitrogens with one attached hydrogen (secondary N) is 1. The molecule has 0 unspecified atom stereocenters. The molecule has 4 nitrogen and oxygen atoms in total. The van der Waals surface area contributed by atoms with Crippen molar-refractivity contribution in [1.29, 1.82) is 0 Å². The Morgan fingerprint density at radius 3 is 2.48 bits per heavy atom. The van der Waals surface area contributed by atoms with Crippen LogP contribution in [-0.4, -0.2) is 36.7 Å². The number of thioether (sulfide) groups is 1. The lowest BCUT2D eigenvalue weighted by Gasteiger charge is -2.27. The van der Waals surface area contributed by atoms with E-state index in [0.717, 1.165) is 43.7 Å². The maximum absolute atomic E-state index is 9.57. The van der Waals surface area contributed by atoms with Gasteiger partial charge in [-0.25, -0.2) is 0 Å². The molecular weight excluding hydrogens is 286 g/mol. The van der Waals surface area contributed by atoms with E-state index >= 15 is 0 Å². The first kappa shape index (κ1) is 15.0. The highest BCUT2D eigenvalue weighted by atomic mass is 32.2. The largest absolute Gasteiger partial charge is 0.486 e. The van der Waals surface area contributed by atoms with Crippen LogP contribution >= 0.6 is 11.8 Å². The Hall–Kier alpha value is -0.910. The SMILES string of the molecule is CSc1cc2c(cc1CNC1CCC(O)CC1)OCCO2. The number of fused-ring (bicyclic) bond motifs is 1. The first-order chi connectivity index (χ1) is 10.3. The molecule has 21 heavy (non-hydrogen) atoms. The van der Waals surface area contributed by atoms with Gasteiger partial charge in [-0.1, -0.05) is 0 Å². The standard InChI is InChI=1S/C16H23NO3S/c1-21-16-9-15-14(19-6-7-20-15)8-11(16)10-17-12-2-4-13(18)5-3-12/h8-9,12-13,17-18H,2-7,10H2,1H3. The van der Waals surface area contributed by atoms with Crippen molar-refractivity contribution in [3.05, 3.63) is 17.7 Å². The van der Waals surface area contributed by atoms with E-state index in [-0.39, 0.29) is 6.10 Å². The van der Waals surface area contributed by atoms with Crippen molar-refractivity contribution in [3.63, 3.8) is 0 Å². The first-order valence-electron chi connectivity index (χ1n) is 7.64. The number of rotatable bonds is 4. The summed E-state index contributed by atoms with van der Waals surface area (Å²) in [6.45, 7) is 2.09. The lowest BCUT2D eigenvalue weighted by atomic mass is 9.93. The number of aliphatic hydroxyl groups excluding tert-OH is 1. The monoisotopic (exact) mass is 309 g/mol. The van der Waals surface area contributed by atoms with Crippen LogP contribution in [0.3, 0.4) is 0 Å². The predicted molar refractivity (Wildman–Crippen MR) is 84.3 cm³/mol. The van der Waals surface area contributed by atoms with Crippen molar-refractivity contribution in [2.24, 2.45) is 0 Å². The minimum absolute atomic E-state index is 0.0981. The summed E-state index contributed by atoms with van der Waals surface area (Å²) in [6, 6.07) is 4.70. The Morgan fingerprint density at radius 2 is 1.81 bits per heavy atom. The van der Waals surface area contributed by atoms with E-state index in [0.29, 0.717) is 19.3 Å². The van der Waals surface area contributed by atoms with Crippen LogP contribution in [0.1, 0.15) is 31.2 Å². The Kier molecular flexibility index (Phi) is 4.93. The normalized spacial score (nSPS) is 24.9. The summed E-state index contributed by atoms with van der Waals surface area (Å²) in [6.07, 6.45) is 5.92. The van der Waals surface area contributed by atoms with Gasteiger partial charge < -0.3 is 19.9 Å². The van der Waals surface area contributed by atoms with Gasteiger partial charge in [-0.05, 0) is 49.6 Å². The molecule has 1 fully saturated rings. The molecule has 1 aromatic rings. The Bertz CT molecular complexity index is 487. The van der Waals surface area contributed by atoms with Gasteiger partial charge in [0, 0.05) is 17.5 Å². The molecule has 1 heterocycles. The van der Waals surface area contributed by atoms with Crippen molar-refractivity contribution in [3.8, 4) is 11.5 Å². The third-order valence-electron chi connectivity index (χ3n) is 4.22. The highest BCUT2D eigenvalue weighted by Crippen LogP contribution is 2.36. The first-order valence-corrected chi connectivity index (χ1v) is 8.86. The van der Waals surface area contributed by atoms with Gasteiger partial charge in [0.1, 0.15) is 13.2 Å². The van der Waals surface area contributed by atoms with E-state index in [1.165, 1.54) is 10.5 Å². The Morgan fingerprint density at radius 1 is 1.14 bits per heavy atom. The molecule has 116 valence electrons. The fraction of sp³-hybridized carbons (Fsp3) is 0.625. The molecule has 0 radical (unpaired) electrons. The molecule has 1 aliphatic heterocycles. The second-order valence-electron chi connectivity index (χ2n) is 5.69. The smallest absolute Gasteiger partial charge is 0.162 e. The highest BCUT2D eigenvalue weighted by Gasteiger charge is 2.20. The lowest BCUT2D eigenvalue weighted by molar-refractivity contribution is 0.116. The topological polar surface area (TPSA) is 50.7 Å². The zero-order chi connectivity index (χ0) is 14.7. The average Bonchev–Trinajstić information content (AvgIpc) is 2.53. The van der Waals surface area contributed by atoms with E-state index in [2.05, 4.69) is 23.7 Å². The number of hydrogen-bond acceptors (Lipinski definition) is 5. The predicted octanol–water partition coefficient (Wildman–Crippen LogP) is 2.57. The van der Waals surface area contributed by atoms with Crippen molar-refractivity contribution in [2.75, 3.05) is 19.5 Å². The van der Waals surface area contributed by atoms with Crippen LogP contribution in [0, 0.1) is 0 Å². The van der Waals surface area contributed by atoms with Gasteiger partial charge in [-0.3, -0.25) is 0 Å². The molecule has 0 aromatic heterocycles. The van der Waals surface area contributed by atoms with Gasteiger partial charge in [0.15, 0.2) is 11.5 Å². The molecule has 2 N–H and O–H groups in total. The summed E-state index contributed by atoms with van der Waals surface area (Å²) in [7, 11) is 0. The summed E-state index contributed by atoms with van der Waals surface area (Å²) in [5.41, 5.74) is 1.26. The summed E-state index contributed by atoms with van der Waals surface area (Å²) in [5, 5.41) is 13.2. The molecule has 2 aliphatic rings. The minimum Gasteiger partial charge on any atom is -0.486 e. The zero-order valence-corrected chi connectivity index (χ0v) is 13.2. The van der Waals surface area contributed by atoms with Gasteiger partial charge in [-0.15, -0.1) is 11.8 Å². The van der Waals surface area contributed by atoms with Gasteiger partial charge in [0.2, 0.25) is 0 Å². The van der Waals surface area contributed by atoms with E-state index in [9.17, 15) is 5.11 Å². The van der Waals surface area contributed by atoms with Crippen LogP contribution in [0.15, 0.2) is 17.0 Å². The fourth-order valence-electron chi connectivity index (χ4n) is 2.97. The van der Waals surface area contributed by atoms with Gasteiger partial charge in [0.25, 0.3) is 0 Å². The molecule has 1 aliphatic carbocycles. The van der Waals surface area contributed by atoms with Gasteiger partial charge in [0.05, 0.1) is 6.10 Å². The van der Waals surface area contributed by atoms with E-state index in [1.54, 1.807) is 11.8 Å². The molecule has 0 bridgehead atoms. The van der Waals surface area contributed by atoms with Crippen LogP contribution in [0.25, 0.3) is 0 Å². The fourth-order valence-corrected chi connectivity index (χ4v) is 3.59. The van der Waals surface area contributed by atoms with Crippen molar-refractivity contribution in [2.45, 2.75) is 49.3 Å². The van der Waals surface area contributed by atoms with Crippen LogP contribution < -0.4 is 14.8 Å². The molecule has 1 aromatic carbocycles. The Balaban J connectivity index is 1.66. The second kappa shape index (κ2) is 6.90. The number of benzene rings is 1. The van der Waals surface area contributed by atoms with Crippen LogP contribution in [0.2, 0.25) is 0 Å². The molecule has 0 atom stereocenters. The summed E-state index contributed by atoms with van der Waals surface area (Å²) in [5.74, 6) is 1.71. The number of ether oxygens (including phenoxy) is 2. The highest BCUT2D eigenvalue weighted by molar-refractivity contribution is 7.98. The zero-order valence-electron chi connectivity index (χ0n) is 12.4. The Labute approximate surface area is 130 Å². The minimum atomic E-state index is -0.0981. The summed E-state index contributed by atoms with van der Waals surface area (Å²) < 4.78 is 11.3. The second-order valence-corrected chi connectivity index (χ2v) is 6.54. The van der Waals surface area contributed by atoms with Crippen LogP contribution in [0.4, 0.5) is 0 Å². The lowest BCUT2D eigenvalue weighted by Crippen LogP contribution is -2.34. The molecule has 0 amide bonds. The van der Waals surface area contributed by atoms with Crippen LogP contribution in [-0.2, 0) is 6.54 Å². The maximum atomic E-state index is 9.57. The van der Waals surface area contributed by atoms with Crippen molar-refractivity contribution in [1.82, 2.24) is 5.32 Å². The van der Waals surface area contributed by atoms with E-state index in [4.69, 9.17) is 9.47 Å². The average molecular weight is 309 g/mol. The van der Waals surface area contributed by atoms with Crippen LogP contribution in [0.5, 0.6) is 11.5 Å². The third kappa shape index (κ3) is 3.65. The maximum Gasteiger partial charge on any atom is 0.162 e. The van der Waals surface area contributed by atoms with Crippen molar-refractivity contribution >= 4 is 11.8 Å². The van der Waals surface area contributed by atoms with E-state index < -0.39 is 0 Å². The number of aliphatic hydroxyl groups is 1. The molecule has 3 rings (SSSR count). The quantitative estimate of drug-likeness (QED) is 0.837. The summed E-state index contributed by atoms with van der Waals surface area (Å²) >= 11 is 1.74. The molecular formula is C16H23NO3S. The molecule has 5 heteroatoms. The summed E-state index contributed by atoms with van der Waals surface area (Å²) in [4.78, 5) is 1.24.